The van der Waals surface area contributed by atoms with E-state index in [9.17, 15) is 23.2 Å². The summed E-state index contributed by atoms with van der Waals surface area (Å²) < 4.78 is 33.7. The molecule has 0 aliphatic carbocycles. The molecule has 0 heterocycles. The Morgan fingerprint density at radius 3 is 2.06 bits per heavy atom. The molecule has 0 fully saturated rings. The second kappa shape index (κ2) is 8.65. The Hall–Kier alpha value is -4.35. The minimum Gasteiger partial charge on any atom is -0.508 e. The number of phenolic OH excluding ortho intramolecular Hbond substituents is 2. The van der Waals surface area contributed by atoms with Crippen LogP contribution in [-0.4, -0.2) is 23.2 Å². The summed E-state index contributed by atoms with van der Waals surface area (Å²) in [5, 5.41) is 36.4. The van der Waals surface area contributed by atoms with E-state index in [4.69, 9.17) is 5.73 Å². The summed E-state index contributed by atoms with van der Waals surface area (Å²) in [6.45, 7) is 0. The van der Waals surface area contributed by atoms with E-state index in [1.54, 1.807) is 24.3 Å². The first-order chi connectivity index (χ1) is 15.7. The van der Waals surface area contributed by atoms with Crippen LogP contribution in [0.5, 0.6) is 11.5 Å². The van der Waals surface area contributed by atoms with E-state index in [0.29, 0.717) is 11.4 Å². The fourth-order valence-electron chi connectivity index (χ4n) is 3.07. The summed E-state index contributed by atoms with van der Waals surface area (Å²) in [6, 6.07) is 18.6. The second-order valence-electron chi connectivity index (χ2n) is 6.90. The van der Waals surface area contributed by atoms with Gasteiger partial charge >= 0.3 is 0 Å². The molecule has 10 nitrogen and oxygen atoms in total. The van der Waals surface area contributed by atoms with Gasteiger partial charge in [-0.3, -0.25) is 4.55 Å². The van der Waals surface area contributed by atoms with Crippen LogP contribution in [0.3, 0.4) is 0 Å². The molecule has 11 heteroatoms. The summed E-state index contributed by atoms with van der Waals surface area (Å²) >= 11 is 0. The lowest BCUT2D eigenvalue weighted by Crippen LogP contribution is -2.01. The quantitative estimate of drug-likeness (QED) is 0.163. The zero-order valence-electron chi connectivity index (χ0n) is 16.9. The van der Waals surface area contributed by atoms with Gasteiger partial charge in [0.05, 0.1) is 22.4 Å². The number of hydrogen-bond donors (Lipinski definition) is 4. The highest BCUT2D eigenvalue weighted by Gasteiger charge is 2.23. The molecule has 4 aromatic carbocycles. The van der Waals surface area contributed by atoms with Gasteiger partial charge in [0.1, 0.15) is 22.0 Å². The van der Waals surface area contributed by atoms with Crippen molar-refractivity contribution in [3.8, 4) is 11.5 Å². The number of hydrogen-bond acceptors (Lipinski definition) is 9. The standard InChI is InChI=1S/C22H17N5O5S/c23-20-19-13(6-11-17(22(19)29)26-24-14-4-2-1-3-5-14)12-18(33(30,31)32)21(20)27-25-15-7-9-16(28)10-8-15/h1-12,28-29H,23H2,(H,30,31,32). The summed E-state index contributed by atoms with van der Waals surface area (Å²) in [5.41, 5.74) is 6.55. The molecule has 5 N–H and O–H groups in total. The molecule has 0 unspecified atom stereocenters. The summed E-state index contributed by atoms with van der Waals surface area (Å²) in [4.78, 5) is -0.576. The molecular weight excluding hydrogens is 446 g/mol. The van der Waals surface area contributed by atoms with Crippen molar-refractivity contribution in [2.24, 2.45) is 20.5 Å². The molecule has 0 spiro atoms. The molecule has 0 aliphatic rings. The zero-order chi connectivity index (χ0) is 23.6. The van der Waals surface area contributed by atoms with Gasteiger partial charge in [0.25, 0.3) is 10.1 Å². The highest BCUT2D eigenvalue weighted by atomic mass is 32.2. The lowest BCUT2D eigenvalue weighted by Gasteiger charge is -2.12. The Morgan fingerprint density at radius 2 is 1.39 bits per heavy atom. The fourth-order valence-corrected chi connectivity index (χ4v) is 3.74. The normalized spacial score (nSPS) is 12.2. The highest BCUT2D eigenvalue weighted by molar-refractivity contribution is 7.86. The minimum atomic E-state index is -4.73. The SMILES string of the molecule is Nc1c(N=Nc2ccc(O)cc2)c(S(=O)(=O)O)cc2ccc(N=Nc3ccccc3)c(O)c12. The third-order valence-corrected chi connectivity index (χ3v) is 5.52. The predicted octanol–water partition coefficient (Wildman–Crippen LogP) is 5.91. The number of azo groups is 2. The smallest absolute Gasteiger partial charge is 0.296 e. The van der Waals surface area contributed by atoms with Gasteiger partial charge in [-0.25, -0.2) is 0 Å². The second-order valence-corrected chi connectivity index (χ2v) is 8.29. The lowest BCUT2D eigenvalue weighted by molar-refractivity contribution is 0.475. The Morgan fingerprint density at radius 1 is 0.758 bits per heavy atom. The molecule has 0 bridgehead atoms. The van der Waals surface area contributed by atoms with Gasteiger partial charge in [0.15, 0.2) is 5.75 Å². The average Bonchev–Trinajstić information content (AvgIpc) is 2.79. The van der Waals surface area contributed by atoms with Crippen molar-refractivity contribution in [1.82, 2.24) is 0 Å². The molecule has 0 radical (unpaired) electrons. The van der Waals surface area contributed by atoms with Crippen molar-refractivity contribution in [3.05, 3.63) is 72.8 Å². The van der Waals surface area contributed by atoms with Crippen LogP contribution in [0.15, 0.2) is 98.1 Å². The Bertz CT molecular complexity index is 1500. The number of rotatable bonds is 5. The number of nitrogen functional groups attached to an aromatic ring is 1. The van der Waals surface area contributed by atoms with Crippen molar-refractivity contribution < 1.29 is 23.2 Å². The minimum absolute atomic E-state index is 0.0138. The van der Waals surface area contributed by atoms with Crippen LogP contribution in [0, 0.1) is 0 Å². The van der Waals surface area contributed by atoms with Gasteiger partial charge < -0.3 is 15.9 Å². The number of nitrogens with two attached hydrogens (primary N) is 1. The van der Waals surface area contributed by atoms with E-state index in [1.807, 2.05) is 6.07 Å². The monoisotopic (exact) mass is 463 g/mol. The van der Waals surface area contributed by atoms with Gasteiger partial charge in [-0.1, -0.05) is 24.3 Å². The largest absolute Gasteiger partial charge is 0.508 e. The zero-order valence-corrected chi connectivity index (χ0v) is 17.7. The molecule has 0 aromatic heterocycles. The van der Waals surface area contributed by atoms with E-state index in [2.05, 4.69) is 20.5 Å². The van der Waals surface area contributed by atoms with Crippen LogP contribution in [-0.2, 0) is 10.1 Å². The van der Waals surface area contributed by atoms with E-state index in [1.165, 1.54) is 36.4 Å². The Balaban J connectivity index is 1.88. The van der Waals surface area contributed by atoms with E-state index in [-0.39, 0.29) is 39.3 Å². The van der Waals surface area contributed by atoms with Gasteiger partial charge in [-0.15, -0.1) is 10.2 Å². The van der Waals surface area contributed by atoms with Crippen LogP contribution in [0.1, 0.15) is 0 Å². The maximum atomic E-state index is 12.0. The van der Waals surface area contributed by atoms with Crippen LogP contribution in [0.4, 0.5) is 28.4 Å². The summed E-state index contributed by atoms with van der Waals surface area (Å²) in [7, 11) is -4.73. The first-order valence-electron chi connectivity index (χ1n) is 9.47. The maximum absolute atomic E-state index is 12.0. The Kier molecular flexibility index (Phi) is 5.73. The number of benzene rings is 4. The third-order valence-electron chi connectivity index (χ3n) is 4.66. The molecular formula is C22H17N5O5S. The molecule has 33 heavy (non-hydrogen) atoms. The first-order valence-corrected chi connectivity index (χ1v) is 10.9. The van der Waals surface area contributed by atoms with Gasteiger partial charge in [0.2, 0.25) is 0 Å². The first kappa shape index (κ1) is 21.9. The molecule has 4 rings (SSSR count). The fraction of sp³-hybridized carbons (Fsp3) is 0. The van der Waals surface area contributed by atoms with Crippen molar-refractivity contribution in [3.63, 3.8) is 0 Å². The lowest BCUT2D eigenvalue weighted by atomic mass is 10.1. The number of nitrogens with zero attached hydrogens (tertiary/aromatic N) is 4. The topological polar surface area (TPSA) is 170 Å². The van der Waals surface area contributed by atoms with Gasteiger partial charge in [-0.05, 0) is 53.9 Å². The van der Waals surface area contributed by atoms with Crippen molar-refractivity contribution in [2.75, 3.05) is 5.73 Å². The predicted molar refractivity (Wildman–Crippen MR) is 123 cm³/mol. The molecule has 0 atom stereocenters. The summed E-state index contributed by atoms with van der Waals surface area (Å²) in [5.74, 6) is -0.326. The average molecular weight is 463 g/mol. The van der Waals surface area contributed by atoms with E-state index >= 15 is 0 Å². The molecule has 166 valence electrons. The number of aromatic hydroxyl groups is 2. The summed E-state index contributed by atoms with van der Waals surface area (Å²) in [6.07, 6.45) is 0. The molecule has 0 saturated heterocycles. The van der Waals surface area contributed by atoms with Crippen LogP contribution >= 0.6 is 0 Å². The molecule has 0 saturated carbocycles. The number of phenols is 2. The number of fused-ring (bicyclic) bond motifs is 1. The van der Waals surface area contributed by atoms with Gasteiger partial charge in [0, 0.05) is 0 Å². The molecule has 0 aliphatic heterocycles. The third kappa shape index (κ3) is 4.63. The van der Waals surface area contributed by atoms with Crippen molar-refractivity contribution in [1.29, 1.82) is 0 Å². The van der Waals surface area contributed by atoms with Gasteiger partial charge in [-0.2, -0.15) is 18.6 Å². The van der Waals surface area contributed by atoms with Crippen molar-refractivity contribution in [2.45, 2.75) is 4.90 Å². The maximum Gasteiger partial charge on any atom is 0.296 e. The van der Waals surface area contributed by atoms with E-state index < -0.39 is 15.0 Å². The van der Waals surface area contributed by atoms with Crippen LogP contribution in [0.2, 0.25) is 0 Å². The van der Waals surface area contributed by atoms with Crippen LogP contribution in [0.25, 0.3) is 10.8 Å². The van der Waals surface area contributed by atoms with E-state index in [0.717, 1.165) is 6.07 Å². The molecule has 0 amide bonds. The highest BCUT2D eigenvalue weighted by Crippen LogP contribution is 2.45. The Labute approximate surface area is 188 Å². The van der Waals surface area contributed by atoms with Crippen LogP contribution < -0.4 is 5.73 Å². The molecule has 4 aromatic rings. The van der Waals surface area contributed by atoms with Crippen molar-refractivity contribution >= 4 is 49.3 Å². The number of anilines is 1.